The van der Waals surface area contributed by atoms with Crippen LogP contribution in [0.3, 0.4) is 0 Å². The van der Waals surface area contributed by atoms with Crippen LogP contribution in [0, 0.1) is 0 Å². The molecule has 0 saturated carbocycles. The maximum absolute atomic E-state index is 13.2. The summed E-state index contributed by atoms with van der Waals surface area (Å²) < 4.78 is 29.6. The second-order valence-corrected chi connectivity index (χ2v) is 13.1. The number of nitrogens with zero attached hydrogens (tertiary/aromatic N) is 3. The molecule has 1 aromatic carbocycles. The molecule has 206 valence electrons. The van der Waals surface area contributed by atoms with E-state index in [9.17, 15) is 22.8 Å². The molecule has 10 nitrogen and oxygen atoms in total. The number of benzene rings is 1. The van der Waals surface area contributed by atoms with E-state index < -0.39 is 22.0 Å². The van der Waals surface area contributed by atoms with E-state index in [4.69, 9.17) is 11.6 Å². The highest BCUT2D eigenvalue weighted by atomic mass is 35.5. The van der Waals surface area contributed by atoms with Crippen molar-refractivity contribution < 1.29 is 22.8 Å². The van der Waals surface area contributed by atoms with Crippen molar-refractivity contribution in [2.45, 2.75) is 42.0 Å². The molecule has 4 heterocycles. The van der Waals surface area contributed by atoms with Crippen LogP contribution >= 0.6 is 22.9 Å². The molecule has 2 aliphatic heterocycles. The van der Waals surface area contributed by atoms with Gasteiger partial charge in [0, 0.05) is 53.4 Å². The molecule has 13 heteroatoms. The van der Waals surface area contributed by atoms with Crippen LogP contribution in [0.2, 0.25) is 5.02 Å². The number of likely N-dealkylation sites (tertiary alicyclic amines) is 2. The zero-order valence-electron chi connectivity index (χ0n) is 21.0. The van der Waals surface area contributed by atoms with Gasteiger partial charge in [0.05, 0.1) is 6.54 Å². The summed E-state index contributed by atoms with van der Waals surface area (Å²) in [6, 6.07) is 8.83. The number of sulfonamides is 1. The number of aromatic nitrogens is 1. The van der Waals surface area contributed by atoms with Gasteiger partial charge in [-0.25, -0.2) is 8.42 Å². The molecular formula is C26H28ClN5O5S2. The molecule has 0 spiro atoms. The first-order valence-corrected chi connectivity index (χ1v) is 15.4. The van der Waals surface area contributed by atoms with Crippen molar-refractivity contribution >= 4 is 60.8 Å². The van der Waals surface area contributed by atoms with Gasteiger partial charge in [-0.3, -0.25) is 19.4 Å². The zero-order chi connectivity index (χ0) is 27.6. The van der Waals surface area contributed by atoms with Gasteiger partial charge in [-0.1, -0.05) is 11.6 Å². The average Bonchev–Trinajstić information content (AvgIpc) is 3.57. The first-order chi connectivity index (χ1) is 18.7. The lowest BCUT2D eigenvalue weighted by molar-refractivity contribution is -0.143. The van der Waals surface area contributed by atoms with E-state index in [1.54, 1.807) is 53.7 Å². The standard InChI is InChI=1S/C26H28ClN5O5S2/c27-19-5-6-22-18(13-19)14-24(38-22)39(36,37)30-21-4-2-11-31(26(21)35)16-23(33)32-12-1-3-20(32)15-29-25(34)17-7-9-28-10-8-17/h5-10,13-14,20-21,30H,1-4,11-12,15-16H2,(H,29,34)/t20-,21-/m0/s1. The number of pyridine rings is 1. The molecule has 2 saturated heterocycles. The zero-order valence-corrected chi connectivity index (χ0v) is 23.4. The highest BCUT2D eigenvalue weighted by Crippen LogP contribution is 2.31. The van der Waals surface area contributed by atoms with Gasteiger partial charge in [-0.15, -0.1) is 11.3 Å². The van der Waals surface area contributed by atoms with Crippen LogP contribution in [0.4, 0.5) is 0 Å². The maximum Gasteiger partial charge on any atom is 0.251 e. The summed E-state index contributed by atoms with van der Waals surface area (Å²) in [6.07, 6.45) is 5.56. The van der Waals surface area contributed by atoms with E-state index in [-0.39, 0.29) is 28.6 Å². The minimum atomic E-state index is -3.94. The number of rotatable bonds is 8. The van der Waals surface area contributed by atoms with Crippen molar-refractivity contribution in [3.63, 3.8) is 0 Å². The van der Waals surface area contributed by atoms with E-state index in [0.717, 1.165) is 28.9 Å². The van der Waals surface area contributed by atoms with Crippen LogP contribution < -0.4 is 10.0 Å². The molecule has 0 unspecified atom stereocenters. The first kappa shape index (κ1) is 27.5. The molecule has 2 atom stereocenters. The number of carbonyl (C=O) groups excluding carboxylic acids is 3. The van der Waals surface area contributed by atoms with E-state index in [2.05, 4.69) is 15.0 Å². The van der Waals surface area contributed by atoms with Crippen molar-refractivity contribution in [3.05, 3.63) is 59.4 Å². The number of fused-ring (bicyclic) bond motifs is 1. The van der Waals surface area contributed by atoms with E-state index in [0.29, 0.717) is 48.4 Å². The van der Waals surface area contributed by atoms with Crippen LogP contribution in [-0.4, -0.2) is 79.2 Å². The Labute approximate surface area is 235 Å². The molecule has 2 N–H and O–H groups in total. The molecule has 5 rings (SSSR count). The van der Waals surface area contributed by atoms with Crippen molar-refractivity contribution in [3.8, 4) is 0 Å². The maximum atomic E-state index is 13.2. The first-order valence-electron chi connectivity index (χ1n) is 12.7. The summed E-state index contributed by atoms with van der Waals surface area (Å²) in [5, 5.41) is 4.10. The summed E-state index contributed by atoms with van der Waals surface area (Å²) >= 11 is 7.13. The van der Waals surface area contributed by atoms with Crippen LogP contribution in [0.5, 0.6) is 0 Å². The smallest absolute Gasteiger partial charge is 0.251 e. The van der Waals surface area contributed by atoms with Gasteiger partial charge in [0.1, 0.15) is 10.3 Å². The van der Waals surface area contributed by atoms with Crippen LogP contribution in [0.1, 0.15) is 36.0 Å². The second-order valence-electron chi connectivity index (χ2n) is 9.65. The monoisotopic (exact) mass is 589 g/mol. The van der Waals surface area contributed by atoms with Crippen LogP contribution in [-0.2, 0) is 19.6 Å². The van der Waals surface area contributed by atoms with E-state index >= 15 is 0 Å². The lowest BCUT2D eigenvalue weighted by Gasteiger charge is -2.34. The lowest BCUT2D eigenvalue weighted by atomic mass is 10.1. The Hall–Kier alpha value is -3.06. The summed E-state index contributed by atoms with van der Waals surface area (Å²) in [5.41, 5.74) is 0.493. The normalized spacial score (nSPS) is 20.0. The number of hydrogen-bond acceptors (Lipinski definition) is 7. The minimum absolute atomic E-state index is 0.106. The largest absolute Gasteiger partial charge is 0.350 e. The number of carbonyl (C=O) groups is 3. The molecular weight excluding hydrogens is 562 g/mol. The van der Waals surface area contributed by atoms with Gasteiger partial charge in [0.2, 0.25) is 11.8 Å². The fourth-order valence-corrected chi connectivity index (χ4v) is 7.82. The fourth-order valence-electron chi connectivity index (χ4n) is 5.02. The molecule has 3 amide bonds. The Bertz CT molecular complexity index is 1500. The molecule has 0 aliphatic carbocycles. The van der Waals surface area contributed by atoms with Crippen molar-refractivity contribution in [1.82, 2.24) is 24.8 Å². The summed E-state index contributed by atoms with van der Waals surface area (Å²) in [7, 11) is -3.94. The predicted octanol–water partition coefficient (Wildman–Crippen LogP) is 2.64. The molecule has 2 aromatic heterocycles. The predicted molar refractivity (Wildman–Crippen MR) is 148 cm³/mol. The van der Waals surface area contributed by atoms with Crippen molar-refractivity contribution in [1.29, 1.82) is 0 Å². The quantitative estimate of drug-likeness (QED) is 0.416. The third kappa shape index (κ3) is 6.24. The van der Waals surface area contributed by atoms with Crippen LogP contribution in [0.25, 0.3) is 10.1 Å². The molecule has 2 fully saturated rings. The molecule has 3 aromatic rings. The topological polar surface area (TPSA) is 129 Å². The number of halogens is 1. The number of thiophene rings is 1. The Morgan fingerprint density at radius 3 is 2.64 bits per heavy atom. The highest BCUT2D eigenvalue weighted by Gasteiger charge is 2.36. The van der Waals surface area contributed by atoms with Crippen molar-refractivity contribution in [2.75, 3.05) is 26.2 Å². The second kappa shape index (κ2) is 11.6. The van der Waals surface area contributed by atoms with Gasteiger partial charge in [-0.2, -0.15) is 4.72 Å². The van der Waals surface area contributed by atoms with Gasteiger partial charge < -0.3 is 15.1 Å². The van der Waals surface area contributed by atoms with Gasteiger partial charge >= 0.3 is 0 Å². The van der Waals surface area contributed by atoms with Crippen LogP contribution in [0.15, 0.2) is 53.0 Å². The summed E-state index contributed by atoms with van der Waals surface area (Å²) in [4.78, 5) is 45.8. The highest BCUT2D eigenvalue weighted by molar-refractivity contribution is 7.91. The molecule has 2 aliphatic rings. The summed E-state index contributed by atoms with van der Waals surface area (Å²) in [5.74, 6) is -0.863. The Morgan fingerprint density at radius 2 is 1.85 bits per heavy atom. The Kier molecular flexibility index (Phi) is 8.17. The molecule has 39 heavy (non-hydrogen) atoms. The average molecular weight is 590 g/mol. The number of piperidine rings is 1. The lowest BCUT2D eigenvalue weighted by Crippen LogP contribution is -2.55. The Balaban J connectivity index is 1.19. The SMILES string of the molecule is O=C(NC[C@@H]1CCCN1C(=O)CN1CCC[C@H](NS(=O)(=O)c2cc3cc(Cl)ccc3s2)C1=O)c1ccncc1. The number of amides is 3. The van der Waals surface area contributed by atoms with E-state index in [1.807, 2.05) is 0 Å². The Morgan fingerprint density at radius 1 is 1.08 bits per heavy atom. The van der Waals surface area contributed by atoms with Gasteiger partial charge in [-0.05, 0) is 67.5 Å². The van der Waals surface area contributed by atoms with Gasteiger partial charge in [0.15, 0.2) is 0 Å². The number of nitrogens with one attached hydrogen (secondary N) is 2. The number of hydrogen-bond donors (Lipinski definition) is 2. The van der Waals surface area contributed by atoms with E-state index in [1.165, 1.54) is 4.90 Å². The van der Waals surface area contributed by atoms with Gasteiger partial charge in [0.25, 0.3) is 15.9 Å². The summed E-state index contributed by atoms with van der Waals surface area (Å²) in [6.45, 7) is 1.10. The minimum Gasteiger partial charge on any atom is -0.350 e. The fraction of sp³-hybridized carbons (Fsp3) is 0.385. The third-order valence-electron chi connectivity index (χ3n) is 7.01. The van der Waals surface area contributed by atoms with Crippen molar-refractivity contribution in [2.24, 2.45) is 0 Å². The molecule has 0 radical (unpaired) electrons. The molecule has 0 bridgehead atoms. The third-order valence-corrected chi connectivity index (χ3v) is 10.3.